The molecular weight excluding hydrogens is 244 g/mol. The van der Waals surface area contributed by atoms with Crippen LogP contribution in [0, 0.1) is 6.92 Å². The van der Waals surface area contributed by atoms with Gasteiger partial charge in [-0.05, 0) is 30.7 Å². The van der Waals surface area contributed by atoms with E-state index < -0.39 is 5.97 Å². The Hall–Kier alpha value is -2.69. The number of carbonyl (C=O) groups excluding carboxylic acids is 1. The summed E-state index contributed by atoms with van der Waals surface area (Å²) >= 11 is 0. The van der Waals surface area contributed by atoms with Gasteiger partial charge in [0.2, 0.25) is 0 Å². The summed E-state index contributed by atoms with van der Waals surface area (Å²) in [6.07, 6.45) is 2.98. The van der Waals surface area contributed by atoms with Crippen molar-refractivity contribution in [3.05, 3.63) is 59.4 Å². The van der Waals surface area contributed by atoms with Crippen LogP contribution >= 0.6 is 0 Å². The normalized spacial score (nSPS) is 9.95. The minimum absolute atomic E-state index is 0.0970. The molecule has 0 aliphatic carbocycles. The van der Waals surface area contributed by atoms with E-state index in [4.69, 9.17) is 5.11 Å². The van der Waals surface area contributed by atoms with E-state index in [1.54, 1.807) is 43.5 Å². The summed E-state index contributed by atoms with van der Waals surface area (Å²) in [6.45, 7) is 1.68. The first-order valence-corrected chi connectivity index (χ1v) is 5.64. The highest BCUT2D eigenvalue weighted by atomic mass is 16.4. The number of aromatic nitrogens is 1. The van der Waals surface area contributed by atoms with Crippen LogP contribution in [0.1, 0.15) is 26.3 Å². The molecule has 5 heteroatoms. The first-order chi connectivity index (χ1) is 9.09. The van der Waals surface area contributed by atoms with E-state index in [1.165, 1.54) is 6.20 Å². The van der Waals surface area contributed by atoms with Crippen LogP contribution in [0.3, 0.4) is 0 Å². The van der Waals surface area contributed by atoms with Crippen LogP contribution in [0.2, 0.25) is 0 Å². The van der Waals surface area contributed by atoms with Gasteiger partial charge >= 0.3 is 5.97 Å². The molecule has 0 aliphatic rings. The second kappa shape index (κ2) is 5.30. The van der Waals surface area contributed by atoms with E-state index in [-0.39, 0.29) is 17.2 Å². The maximum Gasteiger partial charge on any atom is 0.338 e. The highest BCUT2D eigenvalue weighted by Crippen LogP contribution is 2.20. The van der Waals surface area contributed by atoms with Gasteiger partial charge in [0.05, 0.1) is 16.8 Å². The molecule has 0 saturated heterocycles. The van der Waals surface area contributed by atoms with Crippen LogP contribution in [-0.2, 0) is 0 Å². The second-order valence-electron chi connectivity index (χ2n) is 4.00. The number of hydrogen-bond acceptors (Lipinski definition) is 3. The van der Waals surface area contributed by atoms with Crippen LogP contribution in [0.15, 0.2) is 42.7 Å². The highest BCUT2D eigenvalue weighted by molar-refractivity contribution is 6.08. The summed E-state index contributed by atoms with van der Waals surface area (Å²) in [5, 5.41) is 11.8. The van der Waals surface area contributed by atoms with Crippen LogP contribution in [0.25, 0.3) is 0 Å². The lowest BCUT2D eigenvalue weighted by Gasteiger charge is -2.10. The molecule has 2 rings (SSSR count). The molecular formula is C14H12N2O3. The molecule has 1 heterocycles. The quantitative estimate of drug-likeness (QED) is 0.883. The Bertz CT molecular complexity index is 624. The fraction of sp³-hybridized carbons (Fsp3) is 0.0714. The van der Waals surface area contributed by atoms with Crippen molar-refractivity contribution in [1.82, 2.24) is 4.98 Å². The summed E-state index contributed by atoms with van der Waals surface area (Å²) in [4.78, 5) is 27.0. The topological polar surface area (TPSA) is 79.3 Å². The van der Waals surface area contributed by atoms with Crippen molar-refractivity contribution in [2.75, 3.05) is 5.32 Å². The zero-order valence-electron chi connectivity index (χ0n) is 10.3. The molecule has 5 nitrogen and oxygen atoms in total. The van der Waals surface area contributed by atoms with Gasteiger partial charge in [-0.1, -0.05) is 12.1 Å². The first kappa shape index (κ1) is 12.8. The minimum Gasteiger partial charge on any atom is -0.478 e. The molecule has 0 spiro atoms. The number of aryl methyl sites for hydroxylation is 1. The molecule has 0 unspecified atom stereocenters. The predicted molar refractivity (Wildman–Crippen MR) is 70.3 cm³/mol. The lowest BCUT2D eigenvalue weighted by Crippen LogP contribution is -2.15. The van der Waals surface area contributed by atoms with E-state index in [1.807, 2.05) is 0 Å². The predicted octanol–water partition coefficient (Wildman–Crippen LogP) is 2.34. The van der Waals surface area contributed by atoms with E-state index in [0.29, 0.717) is 11.1 Å². The Morgan fingerprint density at radius 2 is 2.00 bits per heavy atom. The monoisotopic (exact) mass is 256 g/mol. The fourth-order valence-electron chi connectivity index (χ4n) is 1.75. The Morgan fingerprint density at radius 3 is 2.63 bits per heavy atom. The largest absolute Gasteiger partial charge is 0.478 e. The van der Waals surface area contributed by atoms with Gasteiger partial charge in [-0.3, -0.25) is 9.78 Å². The molecule has 1 aromatic heterocycles. The summed E-state index contributed by atoms with van der Waals surface area (Å²) in [6, 6.07) is 8.19. The third kappa shape index (κ3) is 2.77. The molecule has 2 aromatic rings. The third-order valence-electron chi connectivity index (χ3n) is 2.66. The molecule has 0 radical (unpaired) electrons. The van der Waals surface area contributed by atoms with E-state index in [2.05, 4.69) is 10.3 Å². The van der Waals surface area contributed by atoms with Crippen LogP contribution in [0.5, 0.6) is 0 Å². The van der Waals surface area contributed by atoms with Crippen LogP contribution in [0.4, 0.5) is 5.69 Å². The van der Waals surface area contributed by atoms with Crippen molar-refractivity contribution in [3.63, 3.8) is 0 Å². The zero-order valence-corrected chi connectivity index (χ0v) is 10.3. The van der Waals surface area contributed by atoms with E-state index in [0.717, 1.165) is 0 Å². The van der Waals surface area contributed by atoms with Crippen molar-refractivity contribution in [2.24, 2.45) is 0 Å². The minimum atomic E-state index is -1.07. The van der Waals surface area contributed by atoms with Gasteiger partial charge in [-0.15, -0.1) is 0 Å². The van der Waals surface area contributed by atoms with Crippen molar-refractivity contribution in [3.8, 4) is 0 Å². The van der Waals surface area contributed by atoms with Gasteiger partial charge in [0, 0.05) is 12.4 Å². The molecule has 0 saturated carbocycles. The smallest absolute Gasteiger partial charge is 0.338 e. The number of anilines is 1. The number of hydrogen-bond donors (Lipinski definition) is 2. The Kier molecular flexibility index (Phi) is 3.56. The number of carboxylic acid groups (broad SMARTS) is 1. The lowest BCUT2D eigenvalue weighted by atomic mass is 10.1. The SMILES string of the molecule is Cc1cccc(NC(=O)c2cccnc2)c1C(=O)O. The molecule has 0 fully saturated rings. The summed E-state index contributed by atoms with van der Waals surface area (Å²) < 4.78 is 0. The number of pyridine rings is 1. The maximum atomic E-state index is 12.0. The number of amides is 1. The van der Waals surface area contributed by atoms with Crippen molar-refractivity contribution < 1.29 is 14.7 Å². The highest BCUT2D eigenvalue weighted by Gasteiger charge is 2.15. The average Bonchev–Trinajstić information content (AvgIpc) is 2.39. The second-order valence-corrected chi connectivity index (χ2v) is 4.00. The number of rotatable bonds is 3. The van der Waals surface area contributed by atoms with Gasteiger partial charge < -0.3 is 10.4 Å². The van der Waals surface area contributed by atoms with Gasteiger partial charge in [-0.25, -0.2) is 4.79 Å². The van der Waals surface area contributed by atoms with Crippen molar-refractivity contribution in [1.29, 1.82) is 0 Å². The van der Waals surface area contributed by atoms with Crippen molar-refractivity contribution >= 4 is 17.6 Å². The van der Waals surface area contributed by atoms with Crippen LogP contribution in [-0.4, -0.2) is 22.0 Å². The Morgan fingerprint density at radius 1 is 1.21 bits per heavy atom. The van der Waals surface area contributed by atoms with Gasteiger partial charge in [0.1, 0.15) is 0 Å². The summed E-state index contributed by atoms with van der Waals surface area (Å²) in [7, 11) is 0. The number of nitrogens with zero attached hydrogens (tertiary/aromatic N) is 1. The van der Waals surface area contributed by atoms with Crippen molar-refractivity contribution in [2.45, 2.75) is 6.92 Å². The standard InChI is InChI=1S/C14H12N2O3/c1-9-4-2-6-11(12(9)14(18)19)16-13(17)10-5-3-7-15-8-10/h2-8H,1H3,(H,16,17)(H,18,19). The van der Waals surface area contributed by atoms with E-state index in [9.17, 15) is 9.59 Å². The molecule has 1 amide bonds. The molecule has 0 bridgehead atoms. The maximum absolute atomic E-state index is 12.0. The number of carboxylic acids is 1. The number of carbonyl (C=O) groups is 2. The number of aromatic carboxylic acids is 1. The summed E-state index contributed by atoms with van der Waals surface area (Å²) in [5.74, 6) is -1.46. The molecule has 0 aliphatic heterocycles. The van der Waals surface area contributed by atoms with Gasteiger partial charge in [0.15, 0.2) is 0 Å². The van der Waals surface area contributed by atoms with Gasteiger partial charge in [0.25, 0.3) is 5.91 Å². The summed E-state index contributed by atoms with van der Waals surface area (Å²) in [5.41, 5.74) is 1.35. The molecule has 1 aromatic carbocycles. The molecule has 19 heavy (non-hydrogen) atoms. The molecule has 96 valence electrons. The zero-order chi connectivity index (χ0) is 13.8. The number of nitrogens with one attached hydrogen (secondary N) is 1. The molecule has 0 atom stereocenters. The van der Waals surface area contributed by atoms with Gasteiger partial charge in [-0.2, -0.15) is 0 Å². The van der Waals surface area contributed by atoms with Crippen LogP contribution < -0.4 is 5.32 Å². The first-order valence-electron chi connectivity index (χ1n) is 5.64. The fourth-order valence-corrected chi connectivity index (χ4v) is 1.75. The number of benzene rings is 1. The molecule has 2 N–H and O–H groups in total. The average molecular weight is 256 g/mol. The lowest BCUT2D eigenvalue weighted by molar-refractivity contribution is 0.0697. The Labute approximate surface area is 109 Å². The Balaban J connectivity index is 2.32. The third-order valence-corrected chi connectivity index (χ3v) is 2.66. The van der Waals surface area contributed by atoms with E-state index >= 15 is 0 Å².